The lowest BCUT2D eigenvalue weighted by molar-refractivity contribution is 0.0466. The van der Waals surface area contributed by atoms with Crippen LogP contribution in [0.3, 0.4) is 0 Å². The van der Waals surface area contributed by atoms with Crippen molar-refractivity contribution in [3.05, 3.63) is 34.6 Å². The summed E-state index contributed by atoms with van der Waals surface area (Å²) < 4.78 is 14.2. The third-order valence-electron chi connectivity index (χ3n) is 4.02. The molecule has 0 saturated carbocycles. The van der Waals surface area contributed by atoms with Crippen LogP contribution in [0.2, 0.25) is 5.02 Å². The van der Waals surface area contributed by atoms with Gasteiger partial charge in [0.05, 0.1) is 17.8 Å². The van der Waals surface area contributed by atoms with Crippen molar-refractivity contribution in [2.45, 2.75) is 50.9 Å². The minimum Gasteiger partial charge on any atom is -0.395 e. The molecule has 3 nitrogen and oxygen atoms in total. The van der Waals surface area contributed by atoms with Crippen molar-refractivity contribution in [3.8, 4) is 0 Å². The zero-order valence-electron chi connectivity index (χ0n) is 12.1. The van der Waals surface area contributed by atoms with Crippen LogP contribution in [0.25, 0.3) is 0 Å². The van der Waals surface area contributed by atoms with Gasteiger partial charge in [-0.05, 0) is 38.8 Å². The molecule has 0 bridgehead atoms. The summed E-state index contributed by atoms with van der Waals surface area (Å²) in [5.41, 5.74) is 6.68. The lowest BCUT2D eigenvalue weighted by Gasteiger charge is -2.40. The second-order valence-electron chi connectivity index (χ2n) is 6.39. The van der Waals surface area contributed by atoms with Gasteiger partial charge < -0.3 is 10.8 Å². The van der Waals surface area contributed by atoms with Crippen molar-refractivity contribution >= 4 is 11.6 Å². The van der Waals surface area contributed by atoms with Gasteiger partial charge in [-0.2, -0.15) is 0 Å². The van der Waals surface area contributed by atoms with E-state index in [1.54, 1.807) is 12.1 Å². The average molecular weight is 301 g/mol. The molecule has 0 aliphatic carbocycles. The second kappa shape index (κ2) is 5.60. The Bertz CT molecular complexity index is 489. The van der Waals surface area contributed by atoms with Crippen LogP contribution in [0.5, 0.6) is 0 Å². The number of nitrogens with zero attached hydrogens (tertiary/aromatic N) is 1. The normalized spacial score (nSPS) is 28.1. The van der Waals surface area contributed by atoms with Crippen LogP contribution in [0.1, 0.15) is 38.7 Å². The zero-order chi connectivity index (χ0) is 15.1. The van der Waals surface area contributed by atoms with Crippen molar-refractivity contribution < 1.29 is 9.50 Å². The van der Waals surface area contributed by atoms with Gasteiger partial charge in [0, 0.05) is 17.5 Å². The number of nitrogens with two attached hydrogens (primary N) is 1. The summed E-state index contributed by atoms with van der Waals surface area (Å²) in [6, 6.07) is 4.94. The fourth-order valence-corrected chi connectivity index (χ4v) is 3.44. The molecule has 2 rings (SSSR count). The van der Waals surface area contributed by atoms with Gasteiger partial charge in [-0.3, -0.25) is 4.90 Å². The number of likely N-dealkylation sites (tertiary alicyclic amines) is 1. The third-order valence-corrected chi connectivity index (χ3v) is 4.31. The van der Waals surface area contributed by atoms with E-state index >= 15 is 0 Å². The Labute approximate surface area is 124 Å². The Morgan fingerprint density at radius 2 is 2.10 bits per heavy atom. The van der Waals surface area contributed by atoms with Gasteiger partial charge in [-0.15, -0.1) is 0 Å². The second-order valence-corrected chi connectivity index (χ2v) is 6.80. The van der Waals surface area contributed by atoms with E-state index in [0.717, 1.165) is 0 Å². The molecule has 1 aliphatic rings. The van der Waals surface area contributed by atoms with E-state index in [0.29, 0.717) is 12.0 Å². The molecule has 0 amide bonds. The predicted molar refractivity (Wildman–Crippen MR) is 79.2 cm³/mol. The SMILES string of the molecule is CC(C)(C)N1C(N)C(c2cccc(Cl)c2F)C[C@@H]1CO. The molecule has 1 fully saturated rings. The number of benzene rings is 1. The molecule has 0 aromatic heterocycles. The van der Waals surface area contributed by atoms with Crippen molar-refractivity contribution in [3.63, 3.8) is 0 Å². The van der Waals surface area contributed by atoms with Gasteiger partial charge in [-0.1, -0.05) is 23.7 Å². The molecule has 0 radical (unpaired) electrons. The van der Waals surface area contributed by atoms with E-state index in [9.17, 15) is 9.50 Å². The van der Waals surface area contributed by atoms with Crippen LogP contribution in [0.15, 0.2) is 18.2 Å². The summed E-state index contributed by atoms with van der Waals surface area (Å²) in [7, 11) is 0. The number of hydrogen-bond donors (Lipinski definition) is 2. The Hall–Kier alpha value is -0.680. The van der Waals surface area contributed by atoms with Crippen LogP contribution < -0.4 is 5.73 Å². The smallest absolute Gasteiger partial charge is 0.145 e. The minimum atomic E-state index is -0.401. The third kappa shape index (κ3) is 2.70. The lowest BCUT2D eigenvalue weighted by atomic mass is 9.94. The van der Waals surface area contributed by atoms with Crippen LogP contribution in [0.4, 0.5) is 4.39 Å². The topological polar surface area (TPSA) is 49.5 Å². The first-order valence-electron chi connectivity index (χ1n) is 6.86. The maximum absolute atomic E-state index is 14.2. The highest BCUT2D eigenvalue weighted by Gasteiger charge is 2.45. The first-order valence-corrected chi connectivity index (χ1v) is 7.24. The van der Waals surface area contributed by atoms with E-state index in [1.807, 2.05) is 20.8 Å². The summed E-state index contributed by atoms with van der Waals surface area (Å²) in [6.45, 7) is 6.16. The monoisotopic (exact) mass is 300 g/mol. The number of aliphatic hydroxyl groups is 1. The highest BCUT2D eigenvalue weighted by atomic mass is 35.5. The average Bonchev–Trinajstić information content (AvgIpc) is 2.69. The molecule has 2 unspecified atom stereocenters. The van der Waals surface area contributed by atoms with Crippen LogP contribution in [-0.2, 0) is 0 Å². The van der Waals surface area contributed by atoms with Crippen LogP contribution in [0, 0.1) is 5.82 Å². The van der Waals surface area contributed by atoms with Gasteiger partial charge in [0.15, 0.2) is 0 Å². The Kier molecular flexibility index (Phi) is 4.40. The molecule has 1 aromatic rings. The molecule has 1 heterocycles. The summed E-state index contributed by atoms with van der Waals surface area (Å²) in [5.74, 6) is -0.563. The van der Waals surface area contributed by atoms with E-state index in [2.05, 4.69) is 4.90 Å². The quantitative estimate of drug-likeness (QED) is 0.883. The standard InChI is InChI=1S/C15H22ClFN2O/c1-15(2,3)19-9(8-20)7-11(14(19)18)10-5-4-6-12(16)13(10)17/h4-6,9,11,14,20H,7-8,18H2,1-3H3/t9-,11?,14?/m1/s1. The minimum absolute atomic E-state index is 0.0175. The van der Waals surface area contributed by atoms with E-state index in [4.69, 9.17) is 17.3 Å². The van der Waals surface area contributed by atoms with Crippen molar-refractivity contribution in [2.24, 2.45) is 5.73 Å². The molecule has 112 valence electrons. The summed E-state index contributed by atoms with van der Waals surface area (Å²) in [5, 5.41) is 9.70. The Morgan fingerprint density at radius 1 is 1.45 bits per heavy atom. The molecule has 1 saturated heterocycles. The maximum Gasteiger partial charge on any atom is 0.145 e. The molecule has 20 heavy (non-hydrogen) atoms. The molecule has 3 atom stereocenters. The van der Waals surface area contributed by atoms with Crippen LogP contribution in [-0.4, -0.2) is 34.4 Å². The molecular weight excluding hydrogens is 279 g/mol. The highest BCUT2D eigenvalue weighted by molar-refractivity contribution is 6.30. The van der Waals surface area contributed by atoms with Gasteiger partial charge in [0.1, 0.15) is 5.82 Å². The Balaban J connectivity index is 2.38. The van der Waals surface area contributed by atoms with E-state index in [1.165, 1.54) is 6.07 Å². The Morgan fingerprint density at radius 3 is 2.60 bits per heavy atom. The summed E-state index contributed by atoms with van der Waals surface area (Å²) in [6.07, 6.45) is 0.298. The zero-order valence-corrected chi connectivity index (χ0v) is 12.9. The fraction of sp³-hybridized carbons (Fsp3) is 0.600. The molecule has 1 aromatic carbocycles. The maximum atomic E-state index is 14.2. The first kappa shape index (κ1) is 15.7. The lowest BCUT2D eigenvalue weighted by Crippen LogP contribution is -2.54. The van der Waals surface area contributed by atoms with Crippen molar-refractivity contribution in [1.82, 2.24) is 4.90 Å². The highest BCUT2D eigenvalue weighted by Crippen LogP contribution is 2.40. The number of aliphatic hydroxyl groups excluding tert-OH is 1. The van der Waals surface area contributed by atoms with Gasteiger partial charge in [0.2, 0.25) is 0 Å². The van der Waals surface area contributed by atoms with E-state index in [-0.39, 0.29) is 35.3 Å². The summed E-state index contributed by atoms with van der Waals surface area (Å²) in [4.78, 5) is 2.07. The first-order chi connectivity index (χ1) is 9.27. The fourth-order valence-electron chi connectivity index (χ4n) is 3.26. The summed E-state index contributed by atoms with van der Waals surface area (Å²) >= 11 is 5.86. The number of hydrogen-bond acceptors (Lipinski definition) is 3. The van der Waals surface area contributed by atoms with Crippen molar-refractivity contribution in [1.29, 1.82) is 0 Å². The predicted octanol–water partition coefficient (Wildman–Crippen LogP) is 2.71. The molecule has 5 heteroatoms. The molecular formula is C15H22ClFN2O. The molecule has 0 spiro atoms. The molecule has 1 aliphatic heterocycles. The van der Waals surface area contributed by atoms with Crippen molar-refractivity contribution in [2.75, 3.05) is 6.61 Å². The van der Waals surface area contributed by atoms with Gasteiger partial charge in [0.25, 0.3) is 0 Å². The largest absolute Gasteiger partial charge is 0.395 e. The van der Waals surface area contributed by atoms with Gasteiger partial charge >= 0.3 is 0 Å². The van der Waals surface area contributed by atoms with Crippen LogP contribution >= 0.6 is 11.6 Å². The number of halogens is 2. The number of rotatable bonds is 2. The molecule has 3 N–H and O–H groups in total. The van der Waals surface area contributed by atoms with Gasteiger partial charge in [-0.25, -0.2) is 4.39 Å². The van der Waals surface area contributed by atoms with E-state index < -0.39 is 5.82 Å².